The number of hydrogen-bond acceptors (Lipinski definition) is 6. The monoisotopic (exact) mass is 389 g/mol. The molecule has 1 atom stereocenters. The third kappa shape index (κ3) is 3.36. The molecule has 0 radical (unpaired) electrons. The number of aliphatic hydroxyl groups excluding tert-OH is 1. The van der Waals surface area contributed by atoms with Gasteiger partial charge in [-0.25, -0.2) is 9.97 Å². The van der Waals surface area contributed by atoms with Crippen molar-refractivity contribution < 1.29 is 9.84 Å². The van der Waals surface area contributed by atoms with Crippen LogP contribution in [0.4, 0.5) is 0 Å². The Morgan fingerprint density at radius 3 is 2.70 bits per heavy atom. The van der Waals surface area contributed by atoms with Crippen LogP contribution in [0.1, 0.15) is 68.2 Å². The van der Waals surface area contributed by atoms with Crippen molar-refractivity contribution >= 4 is 21.6 Å². The van der Waals surface area contributed by atoms with Crippen molar-refractivity contribution in [1.29, 1.82) is 0 Å². The summed E-state index contributed by atoms with van der Waals surface area (Å²) in [6.07, 6.45) is 10.6. The number of thiophene rings is 1. The average molecular weight is 390 g/mol. The molecule has 2 aliphatic rings. The fraction of sp³-hybridized carbons (Fsp3) is 0.714. The van der Waals surface area contributed by atoms with Gasteiger partial charge in [-0.05, 0) is 76.9 Å². The predicted molar refractivity (Wildman–Crippen MR) is 110 cm³/mol. The molecular weight excluding hydrogens is 358 g/mol. The number of nitrogens with zero attached hydrogens (tertiary/aromatic N) is 3. The molecule has 2 heterocycles. The highest BCUT2D eigenvalue weighted by Gasteiger charge is 2.37. The van der Waals surface area contributed by atoms with Crippen LogP contribution in [0.2, 0.25) is 0 Å². The minimum absolute atomic E-state index is 0.232. The Kier molecular flexibility index (Phi) is 5.41. The van der Waals surface area contributed by atoms with Gasteiger partial charge in [0.05, 0.1) is 5.39 Å². The summed E-state index contributed by atoms with van der Waals surface area (Å²) in [5.41, 5.74) is 1.67. The highest BCUT2D eigenvalue weighted by atomic mass is 32.1. The Labute approximate surface area is 165 Å². The van der Waals surface area contributed by atoms with Gasteiger partial charge in [-0.1, -0.05) is 6.92 Å². The second-order valence-corrected chi connectivity index (χ2v) is 9.42. The molecule has 27 heavy (non-hydrogen) atoms. The maximum Gasteiger partial charge on any atom is 0.225 e. The van der Waals surface area contributed by atoms with Crippen LogP contribution in [0, 0.1) is 0 Å². The minimum Gasteiger partial charge on any atom is -0.474 e. The fourth-order valence-electron chi connectivity index (χ4n) is 5.10. The van der Waals surface area contributed by atoms with Crippen molar-refractivity contribution in [1.82, 2.24) is 14.9 Å². The predicted octanol–water partition coefficient (Wildman–Crippen LogP) is 4.14. The summed E-state index contributed by atoms with van der Waals surface area (Å²) in [6.45, 7) is 2.53. The van der Waals surface area contributed by atoms with Crippen LogP contribution in [0.25, 0.3) is 10.2 Å². The molecule has 1 fully saturated rings. The van der Waals surface area contributed by atoms with Gasteiger partial charge in [0.1, 0.15) is 17.3 Å². The summed E-state index contributed by atoms with van der Waals surface area (Å²) in [5, 5.41) is 10.6. The van der Waals surface area contributed by atoms with E-state index in [1.165, 1.54) is 29.7 Å². The number of aromatic nitrogens is 2. The standard InChI is InChI=1S/C21H31N3O2S/c1-4-21(24(2)3)10-7-15(8-11-21)26-19-18-17-14(9-12-25)5-6-16(17)27-20(18)23-13-22-19/h13-15,25H,4-12H2,1-3H3/t14-,15-,21-/m1/s1. The van der Waals surface area contributed by atoms with E-state index in [1.807, 2.05) is 0 Å². The smallest absolute Gasteiger partial charge is 0.225 e. The van der Waals surface area contributed by atoms with Gasteiger partial charge in [0.15, 0.2) is 0 Å². The lowest BCUT2D eigenvalue weighted by molar-refractivity contribution is 0.0402. The normalized spacial score (nSPS) is 28.0. The van der Waals surface area contributed by atoms with Crippen molar-refractivity contribution in [2.75, 3.05) is 20.7 Å². The second kappa shape index (κ2) is 7.64. The van der Waals surface area contributed by atoms with Crippen molar-refractivity contribution in [3.63, 3.8) is 0 Å². The van der Waals surface area contributed by atoms with E-state index in [9.17, 15) is 5.11 Å². The van der Waals surface area contributed by atoms with E-state index in [0.717, 1.165) is 48.2 Å². The number of fused-ring (bicyclic) bond motifs is 3. The largest absolute Gasteiger partial charge is 0.474 e. The lowest BCUT2D eigenvalue weighted by Gasteiger charge is -2.44. The number of rotatable bonds is 6. The van der Waals surface area contributed by atoms with Gasteiger partial charge in [-0.2, -0.15) is 0 Å². The molecule has 0 unspecified atom stereocenters. The van der Waals surface area contributed by atoms with Gasteiger partial charge in [0.25, 0.3) is 0 Å². The molecule has 0 aliphatic heterocycles. The van der Waals surface area contributed by atoms with Crippen LogP contribution >= 0.6 is 11.3 Å². The molecule has 2 aromatic rings. The average Bonchev–Trinajstić information content (AvgIpc) is 3.23. The van der Waals surface area contributed by atoms with Gasteiger partial charge in [-0.3, -0.25) is 0 Å². The molecule has 0 aromatic carbocycles. The first-order chi connectivity index (χ1) is 13.1. The van der Waals surface area contributed by atoms with Crippen LogP contribution in [-0.4, -0.2) is 52.3 Å². The Morgan fingerprint density at radius 1 is 1.26 bits per heavy atom. The van der Waals surface area contributed by atoms with Crippen LogP contribution in [0.3, 0.4) is 0 Å². The summed E-state index contributed by atoms with van der Waals surface area (Å²) in [5.74, 6) is 1.18. The molecule has 0 amide bonds. The first kappa shape index (κ1) is 19.1. The van der Waals surface area contributed by atoms with Crippen LogP contribution in [-0.2, 0) is 6.42 Å². The first-order valence-electron chi connectivity index (χ1n) is 10.3. The van der Waals surface area contributed by atoms with E-state index in [-0.39, 0.29) is 12.7 Å². The zero-order valence-electron chi connectivity index (χ0n) is 16.7. The molecule has 4 rings (SSSR count). The molecular formula is C21H31N3O2S. The molecule has 0 spiro atoms. The SMILES string of the molecule is CC[C@]1(N(C)C)CC[C@H](Oc2ncnc3sc4c(c23)[C@@H](CCO)CC4)CC1. The fourth-order valence-corrected chi connectivity index (χ4v) is 6.33. The Balaban J connectivity index is 1.57. The summed E-state index contributed by atoms with van der Waals surface area (Å²) < 4.78 is 6.47. The number of aryl methyl sites for hydroxylation is 1. The number of ether oxygens (including phenoxy) is 1. The van der Waals surface area contributed by atoms with Gasteiger partial charge in [0.2, 0.25) is 5.88 Å². The van der Waals surface area contributed by atoms with Crippen molar-refractivity contribution in [2.45, 2.75) is 75.9 Å². The van der Waals surface area contributed by atoms with Gasteiger partial charge < -0.3 is 14.7 Å². The molecule has 6 heteroatoms. The van der Waals surface area contributed by atoms with E-state index in [1.54, 1.807) is 17.7 Å². The first-order valence-corrected chi connectivity index (χ1v) is 11.1. The molecule has 1 N–H and O–H groups in total. The van der Waals surface area contributed by atoms with E-state index in [4.69, 9.17) is 4.74 Å². The highest BCUT2D eigenvalue weighted by Crippen LogP contribution is 2.47. The maximum atomic E-state index is 9.45. The van der Waals surface area contributed by atoms with Crippen LogP contribution < -0.4 is 4.74 Å². The van der Waals surface area contributed by atoms with Crippen LogP contribution in [0.15, 0.2) is 6.33 Å². The molecule has 1 saturated carbocycles. The van der Waals surface area contributed by atoms with Crippen LogP contribution in [0.5, 0.6) is 5.88 Å². The zero-order chi connectivity index (χ0) is 19.0. The lowest BCUT2D eigenvalue weighted by atomic mass is 9.77. The van der Waals surface area contributed by atoms with Gasteiger partial charge >= 0.3 is 0 Å². The van der Waals surface area contributed by atoms with Crippen molar-refractivity contribution in [3.05, 3.63) is 16.8 Å². The Hall–Kier alpha value is -1.24. The van der Waals surface area contributed by atoms with Crippen molar-refractivity contribution in [2.24, 2.45) is 0 Å². The molecule has 5 nitrogen and oxygen atoms in total. The summed E-state index contributed by atoms with van der Waals surface area (Å²) >= 11 is 1.78. The second-order valence-electron chi connectivity index (χ2n) is 8.34. The third-order valence-electron chi connectivity index (χ3n) is 6.92. The lowest BCUT2D eigenvalue weighted by Crippen LogP contribution is -2.48. The van der Waals surface area contributed by atoms with E-state index >= 15 is 0 Å². The number of aliphatic hydroxyl groups is 1. The Morgan fingerprint density at radius 2 is 2.04 bits per heavy atom. The van der Waals surface area contributed by atoms with E-state index < -0.39 is 0 Å². The number of hydrogen-bond donors (Lipinski definition) is 1. The van der Waals surface area contributed by atoms with Gasteiger partial charge in [-0.15, -0.1) is 11.3 Å². The van der Waals surface area contributed by atoms with E-state index in [2.05, 4.69) is 35.9 Å². The highest BCUT2D eigenvalue weighted by molar-refractivity contribution is 7.19. The third-order valence-corrected chi connectivity index (χ3v) is 8.09. The molecule has 2 aromatic heterocycles. The molecule has 148 valence electrons. The minimum atomic E-state index is 0.232. The Bertz CT molecular complexity index is 796. The summed E-state index contributed by atoms with van der Waals surface area (Å²) in [7, 11) is 4.41. The molecule has 0 saturated heterocycles. The zero-order valence-corrected chi connectivity index (χ0v) is 17.5. The van der Waals surface area contributed by atoms with Crippen molar-refractivity contribution in [3.8, 4) is 5.88 Å². The summed E-state index contributed by atoms with van der Waals surface area (Å²) in [4.78, 5) is 13.9. The summed E-state index contributed by atoms with van der Waals surface area (Å²) in [6, 6.07) is 0. The van der Waals surface area contributed by atoms with Gasteiger partial charge in [0, 0.05) is 17.0 Å². The topological polar surface area (TPSA) is 58.5 Å². The molecule has 2 aliphatic carbocycles. The van der Waals surface area contributed by atoms with E-state index in [0.29, 0.717) is 11.5 Å². The maximum absolute atomic E-state index is 9.45. The molecule has 0 bridgehead atoms. The quantitative estimate of drug-likeness (QED) is 0.805.